The number of hydrogen-bond acceptors (Lipinski definition) is 10. The van der Waals surface area contributed by atoms with Crippen molar-refractivity contribution in [1.29, 1.82) is 0 Å². The molecule has 2 N–H and O–H groups in total. The third-order valence-corrected chi connectivity index (χ3v) is 12.2. The standard InChI is InChI=1S/C38H50N4O8S2/c1-25(35(45)41-19-11-17-31(41)33(43)39-29(37(47)49-3)21-27-13-7-5-8-14-27)23-51-52-24-26(2)36(46)42-20-12-18-32(42)34(44)40-30(38(48)50-4)22-28-15-9-6-10-16-28/h5-10,13-16,25-26,29-32H,11-12,17-24H2,1-4H3,(H,39,43)(H,40,44)/t25-,26-,29+,30+,31+,32+/m1/s1. The van der Waals surface area contributed by atoms with Crippen LogP contribution in [0, 0.1) is 11.8 Å². The number of esters is 2. The second kappa shape index (κ2) is 20.3. The van der Waals surface area contributed by atoms with Crippen LogP contribution in [0.15, 0.2) is 60.7 Å². The van der Waals surface area contributed by atoms with Crippen molar-refractivity contribution in [2.24, 2.45) is 11.8 Å². The normalized spacial score (nSPS) is 19.2. The van der Waals surface area contributed by atoms with Crippen LogP contribution < -0.4 is 10.6 Å². The molecule has 0 bridgehead atoms. The van der Waals surface area contributed by atoms with Crippen LogP contribution in [0.3, 0.4) is 0 Å². The fraction of sp³-hybridized carbons (Fsp3) is 0.526. The molecule has 2 saturated heterocycles. The Morgan fingerprint density at radius 3 is 1.37 bits per heavy atom. The highest BCUT2D eigenvalue weighted by atomic mass is 33.1. The van der Waals surface area contributed by atoms with Crippen LogP contribution in [0.25, 0.3) is 0 Å². The fourth-order valence-electron chi connectivity index (χ4n) is 6.52. The van der Waals surface area contributed by atoms with Gasteiger partial charge in [0.25, 0.3) is 0 Å². The van der Waals surface area contributed by atoms with Crippen molar-refractivity contribution in [3.8, 4) is 0 Å². The first-order chi connectivity index (χ1) is 25.0. The first kappa shape index (κ1) is 40.7. The van der Waals surface area contributed by atoms with Gasteiger partial charge in [-0.15, -0.1) is 0 Å². The quantitative estimate of drug-likeness (QED) is 0.140. The zero-order valence-corrected chi connectivity index (χ0v) is 31.9. The van der Waals surface area contributed by atoms with Crippen molar-refractivity contribution >= 4 is 57.2 Å². The molecule has 0 spiro atoms. The van der Waals surface area contributed by atoms with Gasteiger partial charge in [0.15, 0.2) is 0 Å². The fourth-order valence-corrected chi connectivity index (χ4v) is 9.21. The van der Waals surface area contributed by atoms with Crippen molar-refractivity contribution < 1.29 is 38.2 Å². The van der Waals surface area contributed by atoms with Gasteiger partial charge in [-0.3, -0.25) is 19.2 Å². The smallest absolute Gasteiger partial charge is 0.328 e. The minimum absolute atomic E-state index is 0.129. The van der Waals surface area contributed by atoms with Gasteiger partial charge in [0.2, 0.25) is 23.6 Å². The Balaban J connectivity index is 1.23. The first-order valence-corrected chi connectivity index (χ1v) is 20.2. The number of benzene rings is 2. The van der Waals surface area contributed by atoms with Gasteiger partial charge in [0, 0.05) is 49.3 Å². The van der Waals surface area contributed by atoms with E-state index in [1.165, 1.54) is 35.8 Å². The molecule has 4 rings (SSSR count). The van der Waals surface area contributed by atoms with Crippen LogP contribution in [-0.2, 0) is 51.1 Å². The lowest BCUT2D eigenvalue weighted by atomic mass is 10.0. The Kier molecular flexibility index (Phi) is 15.9. The highest BCUT2D eigenvalue weighted by molar-refractivity contribution is 8.76. The van der Waals surface area contributed by atoms with E-state index < -0.39 is 36.1 Å². The Hall–Kier alpha value is -4.04. The van der Waals surface area contributed by atoms with Crippen molar-refractivity contribution in [2.75, 3.05) is 38.8 Å². The topological polar surface area (TPSA) is 151 Å². The molecule has 2 aromatic carbocycles. The zero-order chi connectivity index (χ0) is 37.6. The van der Waals surface area contributed by atoms with E-state index in [-0.39, 0.29) is 48.3 Å². The summed E-state index contributed by atoms with van der Waals surface area (Å²) >= 11 is 0. The maximum Gasteiger partial charge on any atom is 0.328 e. The summed E-state index contributed by atoms with van der Waals surface area (Å²) in [7, 11) is 5.55. The number of carbonyl (C=O) groups excluding carboxylic acids is 6. The Bertz CT molecular complexity index is 1420. The van der Waals surface area contributed by atoms with Gasteiger partial charge in [-0.1, -0.05) is 96.1 Å². The van der Waals surface area contributed by atoms with Gasteiger partial charge in [-0.2, -0.15) is 0 Å². The molecule has 2 heterocycles. The molecule has 0 aromatic heterocycles. The van der Waals surface area contributed by atoms with Crippen molar-refractivity contribution in [3.05, 3.63) is 71.8 Å². The predicted molar refractivity (Wildman–Crippen MR) is 201 cm³/mol. The second-order valence-electron chi connectivity index (χ2n) is 13.3. The van der Waals surface area contributed by atoms with E-state index in [9.17, 15) is 28.8 Å². The molecule has 12 nitrogen and oxygen atoms in total. The lowest BCUT2D eigenvalue weighted by Crippen LogP contribution is -2.52. The van der Waals surface area contributed by atoms with Gasteiger partial charge in [0.05, 0.1) is 14.2 Å². The minimum atomic E-state index is -0.867. The Morgan fingerprint density at radius 2 is 1.02 bits per heavy atom. The second-order valence-corrected chi connectivity index (χ2v) is 15.9. The first-order valence-electron chi connectivity index (χ1n) is 17.7. The highest BCUT2D eigenvalue weighted by Gasteiger charge is 2.39. The van der Waals surface area contributed by atoms with Crippen LogP contribution in [0.4, 0.5) is 0 Å². The Morgan fingerprint density at radius 1 is 0.654 bits per heavy atom. The van der Waals surface area contributed by atoms with Crippen LogP contribution >= 0.6 is 21.6 Å². The van der Waals surface area contributed by atoms with Crippen LogP contribution in [0.5, 0.6) is 0 Å². The maximum absolute atomic E-state index is 13.5. The van der Waals surface area contributed by atoms with E-state index in [0.717, 1.165) is 11.1 Å². The summed E-state index contributed by atoms with van der Waals surface area (Å²) in [4.78, 5) is 81.9. The summed E-state index contributed by atoms with van der Waals surface area (Å²) in [6, 6.07) is 15.6. The molecule has 0 unspecified atom stereocenters. The van der Waals surface area contributed by atoms with Gasteiger partial charge in [-0.05, 0) is 36.8 Å². The average Bonchev–Trinajstić information content (AvgIpc) is 3.86. The number of nitrogens with one attached hydrogen (secondary N) is 2. The molecule has 0 saturated carbocycles. The molecule has 6 atom stereocenters. The molecule has 14 heteroatoms. The summed E-state index contributed by atoms with van der Waals surface area (Å²) < 4.78 is 9.88. The van der Waals surface area contributed by atoms with Gasteiger partial charge >= 0.3 is 11.9 Å². The largest absolute Gasteiger partial charge is 0.467 e. The summed E-state index contributed by atoms with van der Waals surface area (Å²) in [5, 5.41) is 5.64. The van der Waals surface area contributed by atoms with Crippen molar-refractivity contribution in [1.82, 2.24) is 20.4 Å². The molecular weight excluding hydrogens is 705 g/mol. The maximum atomic E-state index is 13.5. The van der Waals surface area contributed by atoms with Crippen LogP contribution in [-0.4, -0.2) is 108 Å². The van der Waals surface area contributed by atoms with E-state index in [0.29, 0.717) is 50.3 Å². The molecule has 282 valence electrons. The number of amides is 4. The number of nitrogens with zero attached hydrogens (tertiary/aromatic N) is 2. The number of rotatable bonds is 17. The number of ether oxygens (including phenoxy) is 2. The van der Waals surface area contributed by atoms with Crippen LogP contribution in [0.1, 0.15) is 50.7 Å². The SMILES string of the molecule is COC(=O)[C@H](Cc1ccccc1)NC(=O)[C@@H]1CCCN1C(=O)[C@H](C)CSSC[C@@H](C)C(=O)N1CCC[C@H]1C(=O)N[C@@H](Cc1ccccc1)C(=O)OC. The third kappa shape index (κ3) is 11.2. The van der Waals surface area contributed by atoms with E-state index in [2.05, 4.69) is 10.6 Å². The van der Waals surface area contributed by atoms with Gasteiger partial charge < -0.3 is 29.9 Å². The zero-order valence-electron chi connectivity index (χ0n) is 30.3. The monoisotopic (exact) mass is 754 g/mol. The minimum Gasteiger partial charge on any atom is -0.467 e. The molecule has 0 radical (unpaired) electrons. The number of likely N-dealkylation sites (tertiary alicyclic amines) is 2. The lowest BCUT2D eigenvalue weighted by molar-refractivity contribution is -0.147. The van der Waals surface area contributed by atoms with Gasteiger partial charge in [-0.25, -0.2) is 9.59 Å². The molecule has 52 heavy (non-hydrogen) atoms. The average molecular weight is 755 g/mol. The highest BCUT2D eigenvalue weighted by Crippen LogP contribution is 2.30. The van der Waals surface area contributed by atoms with Crippen molar-refractivity contribution in [2.45, 2.75) is 76.5 Å². The Labute approximate surface area is 313 Å². The number of methoxy groups -OCH3 is 2. The third-order valence-electron chi connectivity index (χ3n) is 9.41. The van der Waals surface area contributed by atoms with E-state index in [1.807, 2.05) is 74.5 Å². The lowest BCUT2D eigenvalue weighted by Gasteiger charge is -2.28. The van der Waals surface area contributed by atoms with E-state index >= 15 is 0 Å². The summed E-state index contributed by atoms with van der Waals surface area (Å²) in [6.45, 7) is 4.58. The molecule has 2 fully saturated rings. The summed E-state index contributed by atoms with van der Waals surface area (Å²) in [6.07, 6.45) is 2.95. The molecule has 2 aromatic rings. The van der Waals surface area contributed by atoms with Crippen LogP contribution in [0.2, 0.25) is 0 Å². The number of carbonyl (C=O) groups is 6. The number of hydrogen-bond donors (Lipinski definition) is 2. The van der Waals surface area contributed by atoms with Gasteiger partial charge in [0.1, 0.15) is 24.2 Å². The van der Waals surface area contributed by atoms with E-state index in [4.69, 9.17) is 9.47 Å². The molecule has 2 aliphatic rings. The molecular formula is C38H50N4O8S2. The van der Waals surface area contributed by atoms with Crippen molar-refractivity contribution in [3.63, 3.8) is 0 Å². The van der Waals surface area contributed by atoms with E-state index in [1.54, 1.807) is 9.80 Å². The molecule has 2 aliphatic heterocycles. The molecule has 0 aliphatic carbocycles. The molecule has 4 amide bonds. The summed E-state index contributed by atoms with van der Waals surface area (Å²) in [5.41, 5.74) is 1.76. The summed E-state index contributed by atoms with van der Waals surface area (Å²) in [5.74, 6) is -1.86. The predicted octanol–water partition coefficient (Wildman–Crippen LogP) is 3.42.